The van der Waals surface area contributed by atoms with E-state index in [2.05, 4.69) is 25.7 Å². The van der Waals surface area contributed by atoms with Gasteiger partial charge in [0.2, 0.25) is 5.91 Å². The number of carbonyl (C=O) groups excluding carboxylic acids is 1. The van der Waals surface area contributed by atoms with E-state index in [1.165, 1.54) is 32.1 Å². The molecule has 0 bridgehead atoms. The van der Waals surface area contributed by atoms with E-state index in [9.17, 15) is 9.90 Å². The van der Waals surface area contributed by atoms with Gasteiger partial charge >= 0.3 is 0 Å². The number of fused-ring (bicyclic) bond motifs is 5. The fraction of sp³-hybridized carbons (Fsp3) is 0.957. The van der Waals surface area contributed by atoms with Crippen molar-refractivity contribution in [3.63, 3.8) is 0 Å². The first kappa shape index (κ1) is 18.8. The van der Waals surface area contributed by atoms with Crippen LogP contribution in [0, 0.1) is 40.4 Å². The Balaban J connectivity index is 1.68. The molecule has 4 fully saturated rings. The minimum absolute atomic E-state index is 0.285. The molecule has 1 heterocycles. The predicted octanol–water partition coefficient (Wildman–Crippen LogP) is 4.48. The third-order valence-electron chi connectivity index (χ3n) is 9.78. The van der Waals surface area contributed by atoms with Crippen LogP contribution < -0.4 is 0 Å². The first-order valence-electron chi connectivity index (χ1n) is 11.0. The fourth-order valence-electron chi connectivity index (χ4n) is 8.62. The number of carbonyl (C=O) groups is 1. The zero-order valence-corrected chi connectivity index (χ0v) is 17.7. The topological polar surface area (TPSA) is 40.5 Å². The van der Waals surface area contributed by atoms with E-state index in [1.807, 2.05) is 20.9 Å². The molecule has 26 heavy (non-hydrogen) atoms. The summed E-state index contributed by atoms with van der Waals surface area (Å²) >= 11 is 0. The number of amides is 1. The van der Waals surface area contributed by atoms with Crippen LogP contribution >= 0.6 is 0 Å². The van der Waals surface area contributed by atoms with Gasteiger partial charge in [-0.1, -0.05) is 20.8 Å². The van der Waals surface area contributed by atoms with Crippen LogP contribution in [-0.2, 0) is 4.79 Å². The van der Waals surface area contributed by atoms with Crippen LogP contribution in [0.4, 0.5) is 0 Å². The van der Waals surface area contributed by atoms with E-state index in [0.717, 1.165) is 30.6 Å². The highest BCUT2D eigenvalue weighted by Gasteiger charge is 2.64. The molecule has 8 atom stereocenters. The molecule has 1 aliphatic heterocycles. The second-order valence-electron chi connectivity index (χ2n) is 11.4. The number of hydrogen-bond acceptors (Lipinski definition) is 2. The largest absolute Gasteiger partial charge is 0.390 e. The average Bonchev–Trinajstić information content (AvgIpc) is 2.91. The summed E-state index contributed by atoms with van der Waals surface area (Å²) in [4.78, 5) is 14.4. The van der Waals surface area contributed by atoms with Gasteiger partial charge in [-0.15, -0.1) is 0 Å². The average molecular weight is 362 g/mol. The minimum atomic E-state index is -0.571. The lowest BCUT2D eigenvalue weighted by molar-refractivity contribution is -0.171. The highest BCUT2D eigenvalue weighted by molar-refractivity contribution is 5.77. The molecule has 3 nitrogen and oxygen atoms in total. The van der Waals surface area contributed by atoms with E-state index in [-0.39, 0.29) is 10.8 Å². The van der Waals surface area contributed by atoms with E-state index in [1.54, 1.807) is 0 Å². The number of hydrogen-bond donors (Lipinski definition) is 1. The highest BCUT2D eigenvalue weighted by atomic mass is 16.3. The molecule has 0 radical (unpaired) electrons. The third-order valence-corrected chi connectivity index (χ3v) is 9.78. The molecular weight excluding hydrogens is 322 g/mol. The molecule has 0 spiro atoms. The smallest absolute Gasteiger partial charge is 0.222 e. The molecule has 0 aromatic heterocycles. The van der Waals surface area contributed by atoms with Crippen LogP contribution in [0.25, 0.3) is 0 Å². The zero-order chi connectivity index (χ0) is 19.1. The van der Waals surface area contributed by atoms with Gasteiger partial charge in [-0.3, -0.25) is 4.79 Å². The van der Waals surface area contributed by atoms with Gasteiger partial charge in [0.15, 0.2) is 0 Å². The number of nitrogens with zero attached hydrogens (tertiary/aromatic N) is 1. The summed E-state index contributed by atoms with van der Waals surface area (Å²) in [6.45, 7) is 11.5. The molecule has 2 unspecified atom stereocenters. The molecule has 3 aliphatic carbocycles. The maximum atomic E-state index is 12.3. The van der Waals surface area contributed by atoms with Crippen molar-refractivity contribution in [1.29, 1.82) is 0 Å². The fourth-order valence-corrected chi connectivity index (χ4v) is 8.62. The Morgan fingerprint density at radius 2 is 1.73 bits per heavy atom. The maximum Gasteiger partial charge on any atom is 0.222 e. The Bertz CT molecular complexity index is 596. The van der Waals surface area contributed by atoms with Crippen molar-refractivity contribution in [1.82, 2.24) is 4.90 Å². The third kappa shape index (κ3) is 2.38. The zero-order valence-electron chi connectivity index (χ0n) is 17.7. The van der Waals surface area contributed by atoms with Crippen LogP contribution in [0.3, 0.4) is 0 Å². The molecule has 1 saturated heterocycles. The molecule has 3 saturated carbocycles. The lowest BCUT2D eigenvalue weighted by atomic mass is 9.44. The van der Waals surface area contributed by atoms with Crippen LogP contribution in [-0.4, -0.2) is 34.6 Å². The van der Waals surface area contributed by atoms with Gasteiger partial charge in [0, 0.05) is 19.5 Å². The Kier molecular flexibility index (Phi) is 4.13. The molecule has 4 aliphatic rings. The number of aliphatic hydroxyl groups is 1. The van der Waals surface area contributed by atoms with Gasteiger partial charge in [0.05, 0.1) is 5.60 Å². The summed E-state index contributed by atoms with van der Waals surface area (Å²) < 4.78 is 0. The summed E-state index contributed by atoms with van der Waals surface area (Å²) in [5.74, 6) is 3.70. The molecule has 0 aromatic carbocycles. The van der Waals surface area contributed by atoms with Crippen molar-refractivity contribution in [3.8, 4) is 0 Å². The van der Waals surface area contributed by atoms with Crippen LogP contribution in [0.1, 0.15) is 79.6 Å². The number of piperidine rings is 1. The summed E-state index contributed by atoms with van der Waals surface area (Å²) in [5, 5.41) is 10.8. The molecule has 1 N–H and O–H groups in total. The van der Waals surface area contributed by atoms with Crippen molar-refractivity contribution >= 4 is 5.91 Å². The second kappa shape index (κ2) is 5.72. The quantitative estimate of drug-likeness (QED) is 0.748. The standard InChI is InChI=1S/C23H39NO2/c1-14-13-18-23(5,12-10-19(25)24(18)6)16-9-11-22(4)15(20(14)16)7-8-17(22)21(2,3)26/h14-18,20,26H,7-13H2,1-6H3/t14?,15-,16-,17+,18?,20-,22-,23+/m0/s1. The first-order chi connectivity index (χ1) is 12.0. The first-order valence-corrected chi connectivity index (χ1v) is 11.0. The monoisotopic (exact) mass is 361 g/mol. The second-order valence-corrected chi connectivity index (χ2v) is 11.4. The van der Waals surface area contributed by atoms with E-state index in [0.29, 0.717) is 23.8 Å². The van der Waals surface area contributed by atoms with Gasteiger partial charge in [0.25, 0.3) is 0 Å². The Morgan fingerprint density at radius 3 is 2.38 bits per heavy atom. The summed E-state index contributed by atoms with van der Waals surface area (Å²) in [7, 11) is 2.05. The van der Waals surface area contributed by atoms with Gasteiger partial charge in [-0.05, 0) is 92.8 Å². The van der Waals surface area contributed by atoms with E-state index >= 15 is 0 Å². The molecule has 4 rings (SSSR count). The van der Waals surface area contributed by atoms with Gasteiger partial charge in [0.1, 0.15) is 0 Å². The molecule has 148 valence electrons. The van der Waals surface area contributed by atoms with Crippen molar-refractivity contribution in [3.05, 3.63) is 0 Å². The molecule has 3 heteroatoms. The highest BCUT2D eigenvalue weighted by Crippen LogP contribution is 2.68. The molecular formula is C23H39NO2. The Morgan fingerprint density at radius 1 is 1.08 bits per heavy atom. The van der Waals surface area contributed by atoms with Gasteiger partial charge in [-0.25, -0.2) is 0 Å². The van der Waals surface area contributed by atoms with Crippen LogP contribution in [0.2, 0.25) is 0 Å². The summed E-state index contributed by atoms with van der Waals surface area (Å²) in [6, 6.07) is 0.427. The number of rotatable bonds is 1. The van der Waals surface area contributed by atoms with Crippen LogP contribution in [0.15, 0.2) is 0 Å². The normalized spacial score (nSPS) is 51.7. The SMILES string of the molecule is CC1CC2N(C)C(=O)CC[C@]2(C)[C@H]2CC[C@]3(C)[C@@H](C(C)(C)O)CC[C@H]3[C@H]12. The van der Waals surface area contributed by atoms with Crippen molar-refractivity contribution < 1.29 is 9.90 Å². The summed E-state index contributed by atoms with van der Waals surface area (Å²) in [6.07, 6.45) is 7.97. The Hall–Kier alpha value is -0.570. The lowest BCUT2D eigenvalue weighted by Gasteiger charge is -2.64. The van der Waals surface area contributed by atoms with E-state index < -0.39 is 5.60 Å². The Labute approximate surface area is 159 Å². The minimum Gasteiger partial charge on any atom is -0.390 e. The van der Waals surface area contributed by atoms with Crippen LogP contribution in [0.5, 0.6) is 0 Å². The van der Waals surface area contributed by atoms with Crippen molar-refractivity contribution in [2.45, 2.75) is 91.2 Å². The number of likely N-dealkylation sites (tertiary alicyclic amines) is 1. The molecule has 1 amide bonds. The van der Waals surface area contributed by atoms with E-state index in [4.69, 9.17) is 0 Å². The van der Waals surface area contributed by atoms with Gasteiger partial charge < -0.3 is 10.0 Å². The summed E-state index contributed by atoms with van der Waals surface area (Å²) in [5.41, 5.74) is -0.000594. The van der Waals surface area contributed by atoms with Crippen molar-refractivity contribution in [2.75, 3.05) is 7.05 Å². The maximum absolute atomic E-state index is 12.3. The van der Waals surface area contributed by atoms with Gasteiger partial charge in [-0.2, -0.15) is 0 Å². The lowest BCUT2D eigenvalue weighted by Crippen LogP contribution is -2.63. The predicted molar refractivity (Wildman–Crippen MR) is 105 cm³/mol. The molecule has 0 aromatic rings. The van der Waals surface area contributed by atoms with Crippen molar-refractivity contribution in [2.24, 2.45) is 40.4 Å².